The van der Waals surface area contributed by atoms with Crippen LogP contribution in [-0.2, 0) is 19.2 Å². The molecule has 0 heterocycles. The standard InChI is InChI=1S/C11H18N2O8/c1-6(12-4-9(18)19)11(2-7(14)15,3-8(16)17)13-5-10(20)21/h6,12-13H,2-5H2,1H3,(H,14,15)(H,16,17)(H,18,19)(H,20,21). The number of carboxylic acids is 4. The van der Waals surface area contributed by atoms with Gasteiger partial charge in [0.2, 0.25) is 0 Å². The largest absolute Gasteiger partial charge is 0.481 e. The van der Waals surface area contributed by atoms with Crippen LogP contribution >= 0.6 is 0 Å². The molecular weight excluding hydrogens is 288 g/mol. The van der Waals surface area contributed by atoms with Crippen molar-refractivity contribution in [3.05, 3.63) is 0 Å². The van der Waals surface area contributed by atoms with Crippen molar-refractivity contribution in [1.82, 2.24) is 10.6 Å². The molecule has 21 heavy (non-hydrogen) atoms. The molecule has 0 rings (SSSR count). The predicted molar refractivity (Wildman–Crippen MR) is 68.0 cm³/mol. The summed E-state index contributed by atoms with van der Waals surface area (Å²) in [6, 6.07) is -0.903. The summed E-state index contributed by atoms with van der Waals surface area (Å²) in [5.74, 6) is -5.17. The first-order valence-corrected chi connectivity index (χ1v) is 5.94. The Balaban J connectivity index is 5.29. The monoisotopic (exact) mass is 306 g/mol. The molecule has 0 fully saturated rings. The van der Waals surface area contributed by atoms with E-state index < -0.39 is 61.4 Å². The fourth-order valence-electron chi connectivity index (χ4n) is 1.87. The fourth-order valence-corrected chi connectivity index (χ4v) is 1.87. The Labute approximate surface area is 119 Å². The average molecular weight is 306 g/mol. The van der Waals surface area contributed by atoms with Crippen molar-refractivity contribution in [1.29, 1.82) is 0 Å². The Hall–Kier alpha value is -2.20. The van der Waals surface area contributed by atoms with E-state index in [1.165, 1.54) is 6.92 Å². The van der Waals surface area contributed by atoms with E-state index >= 15 is 0 Å². The molecule has 10 nitrogen and oxygen atoms in total. The lowest BCUT2D eigenvalue weighted by Gasteiger charge is -2.38. The molecule has 10 heteroatoms. The Morgan fingerprint density at radius 2 is 1.29 bits per heavy atom. The summed E-state index contributed by atoms with van der Waals surface area (Å²) in [4.78, 5) is 43.1. The van der Waals surface area contributed by atoms with Crippen molar-refractivity contribution in [2.75, 3.05) is 13.1 Å². The summed E-state index contributed by atoms with van der Waals surface area (Å²) >= 11 is 0. The molecule has 0 aliphatic heterocycles. The summed E-state index contributed by atoms with van der Waals surface area (Å²) in [5.41, 5.74) is -1.63. The molecular formula is C11H18N2O8. The molecule has 1 unspecified atom stereocenters. The van der Waals surface area contributed by atoms with E-state index in [-0.39, 0.29) is 0 Å². The summed E-state index contributed by atoms with van der Waals surface area (Å²) in [7, 11) is 0. The first kappa shape index (κ1) is 18.8. The minimum atomic E-state index is -1.63. The Bertz CT molecular complexity index is 406. The van der Waals surface area contributed by atoms with Crippen LogP contribution in [0, 0.1) is 0 Å². The van der Waals surface area contributed by atoms with Gasteiger partial charge in [0.05, 0.1) is 31.5 Å². The summed E-state index contributed by atoms with van der Waals surface area (Å²) in [6.07, 6.45) is -1.36. The molecule has 1 atom stereocenters. The molecule has 0 aromatic rings. The van der Waals surface area contributed by atoms with Gasteiger partial charge in [-0.3, -0.25) is 24.5 Å². The van der Waals surface area contributed by atoms with Crippen LogP contribution in [0.15, 0.2) is 0 Å². The van der Waals surface area contributed by atoms with Crippen molar-refractivity contribution in [2.24, 2.45) is 0 Å². The molecule has 0 spiro atoms. The van der Waals surface area contributed by atoms with E-state index in [2.05, 4.69) is 10.6 Å². The van der Waals surface area contributed by atoms with E-state index in [1.807, 2.05) is 0 Å². The number of hydrogen-bond acceptors (Lipinski definition) is 6. The SMILES string of the molecule is CC(NCC(=O)O)C(CC(=O)O)(CC(=O)O)NCC(=O)O. The molecule has 120 valence electrons. The van der Waals surface area contributed by atoms with E-state index in [0.29, 0.717) is 0 Å². The summed E-state index contributed by atoms with van der Waals surface area (Å²) in [6.45, 7) is 0.222. The van der Waals surface area contributed by atoms with Crippen LogP contribution in [0.2, 0.25) is 0 Å². The predicted octanol–water partition coefficient (Wildman–Crippen LogP) is -1.59. The molecule has 0 radical (unpaired) electrons. The number of carbonyl (C=O) groups is 4. The van der Waals surface area contributed by atoms with Crippen LogP contribution in [0.25, 0.3) is 0 Å². The highest BCUT2D eigenvalue weighted by Gasteiger charge is 2.40. The first-order chi connectivity index (χ1) is 9.59. The maximum atomic E-state index is 11.0. The summed E-state index contributed by atoms with van der Waals surface area (Å²) in [5, 5.41) is 40.0. The van der Waals surface area contributed by atoms with Gasteiger partial charge in [0.1, 0.15) is 0 Å². The minimum absolute atomic E-state index is 0.517. The second-order valence-corrected chi connectivity index (χ2v) is 4.54. The third kappa shape index (κ3) is 7.22. The lowest BCUT2D eigenvalue weighted by molar-refractivity contribution is -0.144. The summed E-state index contributed by atoms with van der Waals surface area (Å²) < 4.78 is 0. The maximum Gasteiger partial charge on any atom is 0.317 e. The van der Waals surface area contributed by atoms with Gasteiger partial charge >= 0.3 is 23.9 Å². The van der Waals surface area contributed by atoms with Gasteiger partial charge in [-0.1, -0.05) is 0 Å². The quantitative estimate of drug-likeness (QED) is 0.261. The van der Waals surface area contributed by atoms with Crippen molar-refractivity contribution in [3.8, 4) is 0 Å². The highest BCUT2D eigenvalue weighted by Crippen LogP contribution is 2.21. The molecule has 0 aliphatic rings. The molecule has 0 saturated carbocycles. The molecule has 0 bridgehead atoms. The van der Waals surface area contributed by atoms with Crippen molar-refractivity contribution < 1.29 is 39.6 Å². The molecule has 0 aromatic heterocycles. The zero-order chi connectivity index (χ0) is 16.6. The fraction of sp³-hybridized carbons (Fsp3) is 0.636. The maximum absolute atomic E-state index is 11.0. The van der Waals surface area contributed by atoms with Gasteiger partial charge in [-0.25, -0.2) is 0 Å². The lowest BCUT2D eigenvalue weighted by Crippen LogP contribution is -2.62. The van der Waals surface area contributed by atoms with Gasteiger partial charge in [0.15, 0.2) is 0 Å². The van der Waals surface area contributed by atoms with E-state index in [4.69, 9.17) is 20.4 Å². The van der Waals surface area contributed by atoms with E-state index in [9.17, 15) is 19.2 Å². The number of aliphatic carboxylic acids is 4. The second kappa shape index (κ2) is 8.17. The molecule has 6 N–H and O–H groups in total. The molecule has 0 aromatic carbocycles. The third-order valence-corrected chi connectivity index (χ3v) is 2.91. The van der Waals surface area contributed by atoms with Crippen LogP contribution in [0.4, 0.5) is 0 Å². The van der Waals surface area contributed by atoms with Gasteiger partial charge < -0.3 is 25.7 Å². The van der Waals surface area contributed by atoms with E-state index in [1.54, 1.807) is 0 Å². The normalized spacial score (nSPS) is 12.6. The smallest absolute Gasteiger partial charge is 0.317 e. The Kier molecular flexibility index (Phi) is 7.31. The number of hydrogen-bond donors (Lipinski definition) is 6. The van der Waals surface area contributed by atoms with Crippen molar-refractivity contribution in [3.63, 3.8) is 0 Å². The van der Waals surface area contributed by atoms with Gasteiger partial charge in [-0.05, 0) is 6.92 Å². The second-order valence-electron chi connectivity index (χ2n) is 4.54. The molecule has 0 amide bonds. The lowest BCUT2D eigenvalue weighted by atomic mass is 9.83. The van der Waals surface area contributed by atoms with Crippen LogP contribution in [0.3, 0.4) is 0 Å². The van der Waals surface area contributed by atoms with Gasteiger partial charge in [-0.2, -0.15) is 0 Å². The van der Waals surface area contributed by atoms with Crippen LogP contribution in [0.5, 0.6) is 0 Å². The molecule has 0 aliphatic carbocycles. The number of rotatable bonds is 11. The Morgan fingerprint density at radius 3 is 1.62 bits per heavy atom. The van der Waals surface area contributed by atoms with E-state index in [0.717, 1.165) is 0 Å². The average Bonchev–Trinajstić information content (AvgIpc) is 2.31. The van der Waals surface area contributed by atoms with Crippen LogP contribution in [0.1, 0.15) is 19.8 Å². The molecule has 0 saturated heterocycles. The first-order valence-electron chi connectivity index (χ1n) is 5.94. The highest BCUT2D eigenvalue weighted by molar-refractivity contribution is 5.75. The highest BCUT2D eigenvalue weighted by atomic mass is 16.4. The topological polar surface area (TPSA) is 173 Å². The van der Waals surface area contributed by atoms with Crippen molar-refractivity contribution >= 4 is 23.9 Å². The zero-order valence-electron chi connectivity index (χ0n) is 11.3. The van der Waals surface area contributed by atoms with Crippen molar-refractivity contribution in [2.45, 2.75) is 31.3 Å². The van der Waals surface area contributed by atoms with Gasteiger partial charge in [0, 0.05) is 6.04 Å². The third-order valence-electron chi connectivity index (χ3n) is 2.91. The number of nitrogens with one attached hydrogen (secondary N) is 2. The van der Waals surface area contributed by atoms with Gasteiger partial charge in [-0.15, -0.1) is 0 Å². The van der Waals surface area contributed by atoms with Gasteiger partial charge in [0.25, 0.3) is 0 Å². The van der Waals surface area contributed by atoms with Crippen LogP contribution < -0.4 is 10.6 Å². The minimum Gasteiger partial charge on any atom is -0.481 e. The number of carboxylic acid groups (broad SMARTS) is 4. The van der Waals surface area contributed by atoms with Crippen LogP contribution in [-0.4, -0.2) is 69.0 Å². The zero-order valence-corrected chi connectivity index (χ0v) is 11.3. The Morgan fingerprint density at radius 1 is 0.857 bits per heavy atom.